The molecule has 0 radical (unpaired) electrons. The Balaban J connectivity index is 2.32. The number of rotatable bonds is 5. The van der Waals surface area contributed by atoms with E-state index < -0.39 is 16.3 Å². The smallest absolute Gasteiger partial charge is 0.282 e. The molecule has 0 unspecified atom stereocenters. The van der Waals surface area contributed by atoms with E-state index in [-0.39, 0.29) is 19.2 Å². The fourth-order valence-corrected chi connectivity index (χ4v) is 3.39. The van der Waals surface area contributed by atoms with Crippen molar-refractivity contribution in [3.8, 4) is 0 Å². The lowest BCUT2D eigenvalue weighted by Crippen LogP contribution is -2.48. The first-order chi connectivity index (χ1) is 10.3. The second kappa shape index (κ2) is 6.86. The first-order valence-electron chi connectivity index (χ1n) is 7.19. The Labute approximate surface area is 131 Å². The van der Waals surface area contributed by atoms with E-state index in [9.17, 15) is 8.42 Å². The molecular weight excluding hydrogens is 306 g/mol. The standard InChI is InChI=1S/C13H23N5O3S/c1-10(2)15-12-5-6-14-13(16-12)11-9-21-8-7-18(11)22(19,20)17(3)4/h5-6,10-11H,7-9H2,1-4H3,(H,14,15,16)/t11-/m0/s1. The number of hydrogen-bond donors (Lipinski definition) is 1. The largest absolute Gasteiger partial charge is 0.378 e. The van der Waals surface area contributed by atoms with E-state index in [1.54, 1.807) is 12.3 Å². The van der Waals surface area contributed by atoms with Gasteiger partial charge in [-0.05, 0) is 19.9 Å². The summed E-state index contributed by atoms with van der Waals surface area (Å²) in [7, 11) is -0.520. The molecule has 1 fully saturated rings. The van der Waals surface area contributed by atoms with Crippen molar-refractivity contribution >= 4 is 16.0 Å². The van der Waals surface area contributed by atoms with E-state index in [2.05, 4.69) is 15.3 Å². The molecule has 0 aromatic carbocycles. The molecule has 1 saturated heterocycles. The second-order valence-corrected chi connectivity index (χ2v) is 7.69. The maximum Gasteiger partial charge on any atom is 0.282 e. The highest BCUT2D eigenvalue weighted by Gasteiger charge is 2.37. The van der Waals surface area contributed by atoms with Crippen molar-refractivity contribution in [2.45, 2.75) is 25.9 Å². The number of nitrogens with one attached hydrogen (secondary N) is 1. The first-order valence-corrected chi connectivity index (χ1v) is 8.58. The lowest BCUT2D eigenvalue weighted by atomic mass is 10.2. The Bertz CT molecular complexity index is 605. The Morgan fingerprint density at radius 3 is 2.82 bits per heavy atom. The summed E-state index contributed by atoms with van der Waals surface area (Å²) in [6.07, 6.45) is 1.63. The van der Waals surface area contributed by atoms with Crippen molar-refractivity contribution in [1.29, 1.82) is 0 Å². The van der Waals surface area contributed by atoms with Gasteiger partial charge in [-0.3, -0.25) is 0 Å². The highest BCUT2D eigenvalue weighted by atomic mass is 32.2. The molecule has 2 rings (SSSR count). The molecule has 1 N–H and O–H groups in total. The highest BCUT2D eigenvalue weighted by Crippen LogP contribution is 2.26. The molecule has 0 spiro atoms. The van der Waals surface area contributed by atoms with Gasteiger partial charge in [0.05, 0.1) is 13.2 Å². The second-order valence-electron chi connectivity index (χ2n) is 5.59. The Morgan fingerprint density at radius 1 is 1.45 bits per heavy atom. The number of morpholine rings is 1. The SMILES string of the molecule is CC(C)Nc1ccnc([C@@H]2COCCN2S(=O)(=O)N(C)C)n1. The summed E-state index contributed by atoms with van der Waals surface area (Å²) in [5, 5.41) is 3.19. The molecule has 22 heavy (non-hydrogen) atoms. The number of ether oxygens (including phenoxy) is 1. The molecular formula is C13H23N5O3S. The van der Waals surface area contributed by atoms with Gasteiger partial charge >= 0.3 is 0 Å². The van der Waals surface area contributed by atoms with Gasteiger partial charge in [0.15, 0.2) is 5.82 Å². The third-order valence-electron chi connectivity index (χ3n) is 3.25. The van der Waals surface area contributed by atoms with E-state index >= 15 is 0 Å². The van der Waals surface area contributed by atoms with Crippen molar-refractivity contribution in [1.82, 2.24) is 18.6 Å². The van der Waals surface area contributed by atoms with Gasteiger partial charge < -0.3 is 10.1 Å². The van der Waals surface area contributed by atoms with E-state index in [0.29, 0.717) is 18.2 Å². The molecule has 1 aromatic rings. The number of aromatic nitrogens is 2. The lowest BCUT2D eigenvalue weighted by Gasteiger charge is -2.35. The molecule has 0 aliphatic carbocycles. The van der Waals surface area contributed by atoms with Gasteiger partial charge in [0.1, 0.15) is 11.9 Å². The molecule has 8 nitrogen and oxygen atoms in total. The third kappa shape index (κ3) is 3.72. The van der Waals surface area contributed by atoms with Crippen LogP contribution in [0.3, 0.4) is 0 Å². The van der Waals surface area contributed by atoms with Gasteiger partial charge in [0.2, 0.25) is 0 Å². The topological polar surface area (TPSA) is 87.7 Å². The van der Waals surface area contributed by atoms with Crippen molar-refractivity contribution < 1.29 is 13.2 Å². The summed E-state index contributed by atoms with van der Waals surface area (Å²) in [6, 6.07) is 1.47. The van der Waals surface area contributed by atoms with Gasteiger partial charge in [-0.25, -0.2) is 9.97 Å². The molecule has 0 bridgehead atoms. The number of nitrogens with zero attached hydrogens (tertiary/aromatic N) is 4. The minimum absolute atomic E-state index is 0.229. The first kappa shape index (κ1) is 17.1. The minimum atomic E-state index is -3.55. The van der Waals surface area contributed by atoms with Gasteiger partial charge in [0, 0.05) is 32.9 Å². The van der Waals surface area contributed by atoms with Crippen molar-refractivity contribution in [3.63, 3.8) is 0 Å². The zero-order chi connectivity index (χ0) is 16.3. The zero-order valence-electron chi connectivity index (χ0n) is 13.4. The van der Waals surface area contributed by atoms with Gasteiger partial charge in [-0.15, -0.1) is 0 Å². The van der Waals surface area contributed by atoms with Crippen LogP contribution in [0.15, 0.2) is 12.3 Å². The van der Waals surface area contributed by atoms with Crippen LogP contribution < -0.4 is 5.32 Å². The molecule has 9 heteroatoms. The molecule has 124 valence electrons. The molecule has 0 amide bonds. The quantitative estimate of drug-likeness (QED) is 0.845. The van der Waals surface area contributed by atoms with Gasteiger partial charge in [0.25, 0.3) is 10.2 Å². The summed E-state index contributed by atoms with van der Waals surface area (Å²) in [5.74, 6) is 1.11. The molecule has 1 aromatic heterocycles. The molecule has 2 heterocycles. The maximum atomic E-state index is 12.5. The van der Waals surface area contributed by atoms with Crippen LogP contribution in [0.4, 0.5) is 5.82 Å². The van der Waals surface area contributed by atoms with Crippen molar-refractivity contribution in [2.75, 3.05) is 39.2 Å². The van der Waals surface area contributed by atoms with Crippen LogP contribution in [0.1, 0.15) is 25.7 Å². The summed E-state index contributed by atoms with van der Waals surface area (Å²) in [6.45, 7) is 4.92. The monoisotopic (exact) mass is 329 g/mol. The van der Waals surface area contributed by atoms with Crippen LogP contribution in [-0.2, 0) is 14.9 Å². The molecule has 1 atom stereocenters. The van der Waals surface area contributed by atoms with Crippen LogP contribution in [0.25, 0.3) is 0 Å². The summed E-state index contributed by atoms with van der Waals surface area (Å²) < 4.78 is 32.9. The number of hydrogen-bond acceptors (Lipinski definition) is 6. The van der Waals surface area contributed by atoms with Gasteiger partial charge in [-0.1, -0.05) is 0 Å². The van der Waals surface area contributed by atoms with Crippen LogP contribution in [0, 0.1) is 0 Å². The predicted octanol–water partition coefficient (Wildman–Crippen LogP) is 0.477. The van der Waals surface area contributed by atoms with E-state index in [4.69, 9.17) is 4.74 Å². The minimum Gasteiger partial charge on any atom is -0.378 e. The van der Waals surface area contributed by atoms with Crippen LogP contribution in [0.2, 0.25) is 0 Å². The van der Waals surface area contributed by atoms with Crippen molar-refractivity contribution in [3.05, 3.63) is 18.1 Å². The van der Waals surface area contributed by atoms with E-state index in [1.807, 2.05) is 13.8 Å². The molecule has 1 aliphatic rings. The zero-order valence-corrected chi connectivity index (χ0v) is 14.2. The lowest BCUT2D eigenvalue weighted by molar-refractivity contribution is 0.0269. The van der Waals surface area contributed by atoms with Crippen LogP contribution in [-0.4, -0.2) is 66.9 Å². The normalized spacial score (nSPS) is 20.5. The van der Waals surface area contributed by atoms with Crippen LogP contribution in [0.5, 0.6) is 0 Å². The average Bonchev–Trinajstić information content (AvgIpc) is 2.46. The molecule has 0 saturated carbocycles. The average molecular weight is 329 g/mol. The predicted molar refractivity (Wildman–Crippen MR) is 83.7 cm³/mol. The Kier molecular flexibility index (Phi) is 5.32. The summed E-state index contributed by atoms with van der Waals surface area (Å²) in [4.78, 5) is 8.67. The summed E-state index contributed by atoms with van der Waals surface area (Å²) >= 11 is 0. The van der Waals surface area contributed by atoms with Gasteiger partial charge in [-0.2, -0.15) is 17.0 Å². The third-order valence-corrected chi connectivity index (χ3v) is 5.20. The van der Waals surface area contributed by atoms with E-state index in [0.717, 1.165) is 0 Å². The fourth-order valence-electron chi connectivity index (χ4n) is 2.19. The summed E-state index contributed by atoms with van der Waals surface area (Å²) in [5.41, 5.74) is 0. The van der Waals surface area contributed by atoms with Crippen LogP contribution >= 0.6 is 0 Å². The highest BCUT2D eigenvalue weighted by molar-refractivity contribution is 7.86. The van der Waals surface area contributed by atoms with E-state index in [1.165, 1.54) is 22.7 Å². The fraction of sp³-hybridized carbons (Fsp3) is 0.692. The number of anilines is 1. The maximum absolute atomic E-state index is 12.5. The Morgan fingerprint density at radius 2 is 2.18 bits per heavy atom. The van der Waals surface area contributed by atoms with Crippen molar-refractivity contribution in [2.24, 2.45) is 0 Å². The molecule has 1 aliphatic heterocycles. The Hall–Kier alpha value is -1.29.